The summed E-state index contributed by atoms with van der Waals surface area (Å²) in [5.41, 5.74) is 1.74. The van der Waals surface area contributed by atoms with E-state index in [4.69, 9.17) is 14.6 Å². The van der Waals surface area contributed by atoms with Gasteiger partial charge < -0.3 is 29.8 Å². The Morgan fingerprint density at radius 1 is 0.949 bits per heavy atom. The van der Waals surface area contributed by atoms with Crippen LogP contribution in [0.5, 0.6) is 0 Å². The molecule has 0 saturated carbocycles. The van der Waals surface area contributed by atoms with Gasteiger partial charge in [0.2, 0.25) is 5.91 Å². The Bertz CT molecular complexity index is 1310. The molecule has 39 heavy (non-hydrogen) atoms. The van der Waals surface area contributed by atoms with Gasteiger partial charge in [0.05, 0.1) is 0 Å². The maximum absolute atomic E-state index is 13.3. The molecule has 208 valence electrons. The fraction of sp³-hybridized carbons (Fsp3) is 0.379. The van der Waals surface area contributed by atoms with E-state index in [1.807, 2.05) is 72.4 Å². The number of aliphatic carboxylic acids is 1. The highest BCUT2D eigenvalue weighted by atomic mass is 16.6. The van der Waals surface area contributed by atoms with Gasteiger partial charge in [0.25, 0.3) is 0 Å². The quantitative estimate of drug-likeness (QED) is 0.317. The molecule has 0 bridgehead atoms. The van der Waals surface area contributed by atoms with Crippen molar-refractivity contribution in [1.82, 2.24) is 15.2 Å². The zero-order valence-corrected chi connectivity index (χ0v) is 22.6. The summed E-state index contributed by atoms with van der Waals surface area (Å²) in [6, 6.07) is 14.5. The number of fused-ring (bicyclic) bond motifs is 1. The van der Waals surface area contributed by atoms with Gasteiger partial charge in [0.15, 0.2) is 0 Å². The van der Waals surface area contributed by atoms with E-state index in [1.165, 1.54) is 0 Å². The molecule has 0 aliphatic heterocycles. The maximum Gasteiger partial charge on any atom is 0.408 e. The Kier molecular flexibility index (Phi) is 9.70. The molecule has 1 aromatic heterocycles. The lowest BCUT2D eigenvalue weighted by Gasteiger charge is -2.25. The highest BCUT2D eigenvalue weighted by Gasteiger charge is 2.30. The number of benzene rings is 2. The second-order valence-electron chi connectivity index (χ2n) is 10.3. The van der Waals surface area contributed by atoms with Crippen LogP contribution in [-0.4, -0.2) is 51.3 Å². The van der Waals surface area contributed by atoms with Crippen LogP contribution in [0.2, 0.25) is 0 Å². The van der Waals surface area contributed by atoms with Crippen molar-refractivity contribution < 1.29 is 33.8 Å². The number of esters is 1. The molecule has 0 aliphatic rings. The first-order chi connectivity index (χ1) is 18.4. The first-order valence-corrected chi connectivity index (χ1v) is 12.7. The average molecular weight is 538 g/mol. The number of aryl methyl sites for hydroxylation is 1. The molecule has 0 fully saturated rings. The van der Waals surface area contributed by atoms with E-state index < -0.39 is 41.6 Å². The molecular formula is C29H35N3O7. The zero-order valence-electron chi connectivity index (χ0n) is 22.6. The number of para-hydroxylation sites is 1. The minimum Gasteiger partial charge on any atom is -0.481 e. The van der Waals surface area contributed by atoms with Crippen LogP contribution in [0.25, 0.3) is 10.9 Å². The number of amides is 2. The SMILES string of the molecule is Cn1cc(C[C@@H](NC(=O)[C@H](CCC(=O)O)NC(=O)OC(C)(C)C)C(=O)OCc2ccccc2)c2ccccc21. The number of hydrogen-bond donors (Lipinski definition) is 3. The van der Waals surface area contributed by atoms with Gasteiger partial charge in [-0.2, -0.15) is 0 Å². The second kappa shape index (κ2) is 12.9. The molecule has 0 spiro atoms. The Labute approximate surface area is 227 Å². The molecule has 3 aromatic rings. The summed E-state index contributed by atoms with van der Waals surface area (Å²) < 4.78 is 12.7. The van der Waals surface area contributed by atoms with Crippen LogP contribution in [0.15, 0.2) is 60.8 Å². The van der Waals surface area contributed by atoms with Crippen LogP contribution in [0, 0.1) is 0 Å². The van der Waals surface area contributed by atoms with Crippen molar-refractivity contribution in [2.75, 3.05) is 0 Å². The normalized spacial score (nSPS) is 12.8. The monoisotopic (exact) mass is 537 g/mol. The number of carbonyl (C=O) groups excluding carboxylic acids is 3. The summed E-state index contributed by atoms with van der Waals surface area (Å²) in [7, 11) is 1.89. The molecule has 3 rings (SSSR count). The van der Waals surface area contributed by atoms with Crippen molar-refractivity contribution in [3.8, 4) is 0 Å². The Balaban J connectivity index is 1.83. The average Bonchev–Trinajstić information content (AvgIpc) is 3.19. The third-order valence-electron chi connectivity index (χ3n) is 5.88. The number of carbonyl (C=O) groups is 4. The standard InChI is InChI=1S/C29H35N3O7/c1-29(2,3)39-28(37)31-22(14-15-25(33)34)26(35)30-23(27(36)38-18-19-10-6-5-7-11-19)16-20-17-32(4)24-13-9-8-12-21(20)24/h5-13,17,22-23H,14-16,18H2,1-4H3,(H,30,35)(H,31,37)(H,33,34)/t22-,23+/m0/s1. The van der Waals surface area contributed by atoms with Crippen molar-refractivity contribution in [3.05, 3.63) is 71.9 Å². The van der Waals surface area contributed by atoms with Gasteiger partial charge >= 0.3 is 18.0 Å². The van der Waals surface area contributed by atoms with Crippen LogP contribution in [0.3, 0.4) is 0 Å². The molecule has 2 amide bonds. The molecule has 3 N–H and O–H groups in total. The predicted octanol–water partition coefficient (Wildman–Crippen LogP) is 3.71. The van der Waals surface area contributed by atoms with Gasteiger partial charge in [0.1, 0.15) is 24.3 Å². The van der Waals surface area contributed by atoms with Crippen molar-refractivity contribution >= 4 is 34.8 Å². The predicted molar refractivity (Wildman–Crippen MR) is 145 cm³/mol. The number of carboxylic acids is 1. The van der Waals surface area contributed by atoms with Crippen LogP contribution >= 0.6 is 0 Å². The lowest BCUT2D eigenvalue weighted by Crippen LogP contribution is -2.53. The number of alkyl carbamates (subject to hydrolysis) is 1. The van der Waals surface area contributed by atoms with E-state index in [9.17, 15) is 19.2 Å². The molecule has 2 atom stereocenters. The van der Waals surface area contributed by atoms with Crippen molar-refractivity contribution in [2.45, 2.75) is 64.3 Å². The minimum atomic E-state index is -1.24. The largest absolute Gasteiger partial charge is 0.481 e. The van der Waals surface area contributed by atoms with E-state index in [1.54, 1.807) is 20.8 Å². The Morgan fingerprint density at radius 2 is 1.62 bits per heavy atom. The van der Waals surface area contributed by atoms with Crippen molar-refractivity contribution in [1.29, 1.82) is 0 Å². The van der Waals surface area contributed by atoms with Gasteiger partial charge in [-0.3, -0.25) is 9.59 Å². The first-order valence-electron chi connectivity index (χ1n) is 12.7. The number of ether oxygens (including phenoxy) is 2. The molecule has 10 nitrogen and oxygen atoms in total. The fourth-order valence-electron chi connectivity index (χ4n) is 4.09. The number of rotatable bonds is 11. The minimum absolute atomic E-state index is 0.0141. The van der Waals surface area contributed by atoms with Gasteiger partial charge in [-0.25, -0.2) is 9.59 Å². The highest BCUT2D eigenvalue weighted by Crippen LogP contribution is 2.22. The summed E-state index contributed by atoms with van der Waals surface area (Å²) in [6.07, 6.45) is 0.569. The smallest absolute Gasteiger partial charge is 0.408 e. The summed E-state index contributed by atoms with van der Waals surface area (Å²) in [4.78, 5) is 50.2. The van der Waals surface area contributed by atoms with Crippen LogP contribution < -0.4 is 10.6 Å². The van der Waals surface area contributed by atoms with Crippen LogP contribution in [0.4, 0.5) is 4.79 Å². The summed E-state index contributed by atoms with van der Waals surface area (Å²) >= 11 is 0. The molecule has 0 unspecified atom stereocenters. The van der Waals surface area contributed by atoms with E-state index in [-0.39, 0.29) is 25.9 Å². The molecule has 1 heterocycles. The zero-order chi connectivity index (χ0) is 28.6. The van der Waals surface area contributed by atoms with Crippen LogP contribution in [0.1, 0.15) is 44.7 Å². The van der Waals surface area contributed by atoms with E-state index in [2.05, 4.69) is 10.6 Å². The van der Waals surface area contributed by atoms with Gasteiger partial charge in [-0.05, 0) is 44.4 Å². The number of hydrogen-bond acceptors (Lipinski definition) is 6. The van der Waals surface area contributed by atoms with Crippen molar-refractivity contribution in [2.24, 2.45) is 7.05 Å². The summed E-state index contributed by atoms with van der Waals surface area (Å²) in [5, 5.41) is 15.2. The van der Waals surface area contributed by atoms with E-state index in [0.717, 1.165) is 22.0 Å². The second-order valence-corrected chi connectivity index (χ2v) is 10.3. The maximum atomic E-state index is 13.3. The lowest BCUT2D eigenvalue weighted by atomic mass is 10.0. The molecule has 0 aliphatic carbocycles. The number of nitrogens with zero attached hydrogens (tertiary/aromatic N) is 1. The van der Waals surface area contributed by atoms with Gasteiger partial charge in [-0.1, -0.05) is 48.5 Å². The number of aromatic nitrogens is 1. The molecule has 0 saturated heterocycles. The number of carboxylic acid groups (broad SMARTS) is 1. The highest BCUT2D eigenvalue weighted by molar-refractivity contribution is 5.91. The lowest BCUT2D eigenvalue weighted by molar-refractivity contribution is -0.149. The third kappa shape index (κ3) is 8.87. The summed E-state index contributed by atoms with van der Waals surface area (Å²) in [6.45, 7) is 5.02. The fourth-order valence-corrected chi connectivity index (χ4v) is 4.09. The Morgan fingerprint density at radius 3 is 2.28 bits per heavy atom. The van der Waals surface area contributed by atoms with Crippen LogP contribution in [-0.2, 0) is 43.9 Å². The molecule has 10 heteroatoms. The molecule has 2 aromatic carbocycles. The number of nitrogens with one attached hydrogen (secondary N) is 2. The van der Waals surface area contributed by atoms with Gasteiger partial charge in [-0.15, -0.1) is 0 Å². The first kappa shape index (κ1) is 29.2. The Hall–Kier alpha value is -4.34. The molecular weight excluding hydrogens is 502 g/mol. The van der Waals surface area contributed by atoms with Crippen molar-refractivity contribution in [3.63, 3.8) is 0 Å². The van der Waals surface area contributed by atoms with E-state index in [0.29, 0.717) is 0 Å². The summed E-state index contributed by atoms with van der Waals surface area (Å²) in [5.74, 6) is -2.51. The van der Waals surface area contributed by atoms with E-state index >= 15 is 0 Å². The molecule has 0 radical (unpaired) electrons. The topological polar surface area (TPSA) is 136 Å². The third-order valence-corrected chi connectivity index (χ3v) is 5.88. The van der Waals surface area contributed by atoms with Gasteiger partial charge in [0, 0.05) is 37.0 Å².